The van der Waals surface area contributed by atoms with E-state index in [4.69, 9.17) is 4.42 Å². The fourth-order valence-corrected chi connectivity index (χ4v) is 15.8. The number of rotatable bonds is 6. The first-order chi connectivity index (χ1) is 29.5. The molecule has 9 aromatic carbocycles. The van der Waals surface area contributed by atoms with E-state index in [1.54, 1.807) is 0 Å². The lowest BCUT2D eigenvalue weighted by molar-refractivity contribution is 0.660. The van der Waals surface area contributed by atoms with Gasteiger partial charge in [0.15, 0.2) is 8.07 Å². The molecule has 2 heterocycles. The molecule has 0 saturated heterocycles. The molecule has 60 heavy (non-hydrogen) atoms. The minimum absolute atomic E-state index is 0.158. The molecule has 0 spiro atoms. The Morgan fingerprint density at radius 1 is 0.383 bits per heavy atom. The van der Waals surface area contributed by atoms with Gasteiger partial charge in [-0.1, -0.05) is 178 Å². The molecule has 0 N–H and O–H groups in total. The Morgan fingerprint density at radius 3 is 1.73 bits per heavy atom. The quantitative estimate of drug-likeness (QED) is 0.156. The Hall–Kier alpha value is -7.20. The summed E-state index contributed by atoms with van der Waals surface area (Å²) in [6.45, 7) is 4.73. The van der Waals surface area contributed by atoms with Gasteiger partial charge in [-0.3, -0.25) is 0 Å². The molecule has 0 bridgehead atoms. The van der Waals surface area contributed by atoms with Gasteiger partial charge in [-0.25, -0.2) is 0 Å². The molecule has 0 amide bonds. The van der Waals surface area contributed by atoms with Crippen molar-refractivity contribution >= 4 is 67.8 Å². The molecule has 1 aromatic heterocycles. The topological polar surface area (TPSA) is 16.4 Å². The van der Waals surface area contributed by atoms with Crippen molar-refractivity contribution in [1.29, 1.82) is 0 Å². The predicted molar refractivity (Wildman–Crippen MR) is 254 cm³/mol. The zero-order valence-corrected chi connectivity index (χ0v) is 34.6. The van der Waals surface area contributed by atoms with E-state index in [0.29, 0.717) is 0 Å². The number of hydrogen-bond acceptors (Lipinski definition) is 2. The van der Waals surface area contributed by atoms with Gasteiger partial charge in [-0.15, -0.1) is 0 Å². The van der Waals surface area contributed by atoms with Crippen LogP contribution < -0.4 is 25.6 Å². The van der Waals surface area contributed by atoms with Gasteiger partial charge >= 0.3 is 0 Å². The summed E-state index contributed by atoms with van der Waals surface area (Å²) in [5.41, 5.74) is 15.3. The minimum Gasteiger partial charge on any atom is -0.456 e. The zero-order valence-electron chi connectivity index (χ0n) is 33.6. The Morgan fingerprint density at radius 2 is 0.967 bits per heavy atom. The summed E-state index contributed by atoms with van der Waals surface area (Å²) in [6, 6.07) is 79.0. The van der Waals surface area contributed by atoms with E-state index in [0.717, 1.165) is 39.0 Å². The Bertz CT molecular complexity index is 3260. The van der Waals surface area contributed by atoms with E-state index >= 15 is 0 Å². The van der Waals surface area contributed by atoms with Crippen molar-refractivity contribution in [2.45, 2.75) is 19.3 Å². The van der Waals surface area contributed by atoms with Gasteiger partial charge in [-0.05, 0) is 108 Å². The normalized spacial score (nSPS) is 14.1. The number of furan rings is 1. The number of anilines is 3. The zero-order chi connectivity index (χ0) is 40.0. The lowest BCUT2D eigenvalue weighted by Crippen LogP contribution is -2.72. The number of nitrogens with zero attached hydrogens (tertiary/aromatic N) is 1. The highest BCUT2D eigenvalue weighted by atomic mass is 28.3. The van der Waals surface area contributed by atoms with Gasteiger partial charge < -0.3 is 9.32 Å². The van der Waals surface area contributed by atoms with Crippen LogP contribution in [0, 0.1) is 0 Å². The highest BCUT2D eigenvalue weighted by Crippen LogP contribution is 2.51. The molecule has 0 radical (unpaired) electrons. The van der Waals surface area contributed by atoms with Crippen LogP contribution >= 0.6 is 0 Å². The fraction of sp³-hybridized carbons (Fsp3) is 0.0526. The largest absolute Gasteiger partial charge is 0.456 e. The van der Waals surface area contributed by atoms with Gasteiger partial charge in [0, 0.05) is 39.3 Å². The third kappa shape index (κ3) is 5.00. The molecule has 0 unspecified atom stereocenters. The summed E-state index contributed by atoms with van der Waals surface area (Å²) < 4.78 is 6.59. The minimum atomic E-state index is -2.86. The first kappa shape index (κ1) is 34.8. The van der Waals surface area contributed by atoms with Gasteiger partial charge in [0.05, 0.1) is 0 Å². The number of fused-ring (bicyclic) bond motifs is 9. The molecule has 0 saturated carbocycles. The molecule has 1 aliphatic carbocycles. The Labute approximate surface area is 351 Å². The van der Waals surface area contributed by atoms with Crippen molar-refractivity contribution in [3.63, 3.8) is 0 Å². The molecule has 12 rings (SSSR count). The van der Waals surface area contributed by atoms with Crippen LogP contribution in [0.5, 0.6) is 0 Å². The van der Waals surface area contributed by atoms with Crippen LogP contribution in [0.3, 0.4) is 0 Å². The van der Waals surface area contributed by atoms with Crippen LogP contribution in [0.1, 0.15) is 25.0 Å². The van der Waals surface area contributed by atoms with Crippen molar-refractivity contribution < 1.29 is 4.42 Å². The van der Waals surface area contributed by atoms with Crippen LogP contribution in [-0.4, -0.2) is 8.07 Å². The molecule has 2 nitrogen and oxygen atoms in total. The summed E-state index contributed by atoms with van der Waals surface area (Å²) in [6.07, 6.45) is 0. The van der Waals surface area contributed by atoms with E-state index in [1.165, 1.54) is 65.3 Å². The lowest BCUT2D eigenvalue weighted by atomic mass is 9.82. The van der Waals surface area contributed by atoms with Crippen molar-refractivity contribution in [3.8, 4) is 33.4 Å². The molecule has 3 heteroatoms. The smallest absolute Gasteiger partial charge is 0.180 e. The average Bonchev–Trinajstić information content (AvgIpc) is 3.90. The molecular formula is C57H41NOSi. The monoisotopic (exact) mass is 783 g/mol. The number of hydrogen-bond donors (Lipinski definition) is 0. The maximum absolute atomic E-state index is 6.59. The van der Waals surface area contributed by atoms with Crippen molar-refractivity contribution in [2.24, 2.45) is 0 Å². The second-order valence-corrected chi connectivity index (χ2v) is 20.6. The van der Waals surface area contributed by atoms with E-state index in [-0.39, 0.29) is 5.41 Å². The van der Waals surface area contributed by atoms with Crippen LogP contribution in [0.15, 0.2) is 217 Å². The number of benzene rings is 9. The predicted octanol–water partition coefficient (Wildman–Crippen LogP) is 12.4. The van der Waals surface area contributed by atoms with E-state index < -0.39 is 8.07 Å². The van der Waals surface area contributed by atoms with Gasteiger partial charge in [0.1, 0.15) is 11.2 Å². The second-order valence-electron chi connectivity index (χ2n) is 16.9. The summed E-state index contributed by atoms with van der Waals surface area (Å²) >= 11 is 0. The van der Waals surface area contributed by atoms with Crippen LogP contribution in [0.4, 0.5) is 17.1 Å². The molecule has 1 aliphatic heterocycles. The van der Waals surface area contributed by atoms with E-state index in [9.17, 15) is 0 Å². The second kappa shape index (κ2) is 13.2. The van der Waals surface area contributed by atoms with Crippen molar-refractivity contribution in [2.75, 3.05) is 4.90 Å². The lowest BCUT2D eigenvalue weighted by Gasteiger charge is -2.34. The summed E-state index contributed by atoms with van der Waals surface area (Å²) in [4.78, 5) is 2.47. The van der Waals surface area contributed by atoms with Crippen LogP contribution in [0.2, 0.25) is 0 Å². The maximum atomic E-state index is 6.59. The first-order valence-electron chi connectivity index (χ1n) is 20.9. The Balaban J connectivity index is 1.17. The van der Waals surface area contributed by atoms with Crippen LogP contribution in [0.25, 0.3) is 55.3 Å². The molecule has 284 valence electrons. The third-order valence-corrected chi connectivity index (χ3v) is 18.2. The van der Waals surface area contributed by atoms with Crippen molar-refractivity contribution in [1.82, 2.24) is 0 Å². The van der Waals surface area contributed by atoms with Crippen LogP contribution in [-0.2, 0) is 5.41 Å². The standard InChI is InChI=1S/C57H41NOSi/c1-57(2)51-25-13-9-21-45(51)46-31-29-40(36-52(46)57)58(41-30-32-48-47-22-10-14-26-53(47)59-54(48)37-41)42-33-39(38-17-5-3-6-18-38)34-44(35-42)60(43-19-7-4-8-20-43)55-27-15-11-23-49(55)50-24-12-16-28-56(50)60/h3-37H,1-2H3. The van der Waals surface area contributed by atoms with E-state index in [2.05, 4.69) is 225 Å². The summed E-state index contributed by atoms with van der Waals surface area (Å²) in [5, 5.41) is 7.84. The molecule has 10 aromatic rings. The van der Waals surface area contributed by atoms with Crippen molar-refractivity contribution in [3.05, 3.63) is 223 Å². The maximum Gasteiger partial charge on any atom is 0.180 e. The highest BCUT2D eigenvalue weighted by Gasteiger charge is 2.49. The number of para-hydroxylation sites is 1. The van der Waals surface area contributed by atoms with Gasteiger partial charge in [0.2, 0.25) is 0 Å². The highest BCUT2D eigenvalue weighted by molar-refractivity contribution is 7.22. The van der Waals surface area contributed by atoms with Gasteiger partial charge in [-0.2, -0.15) is 0 Å². The van der Waals surface area contributed by atoms with Gasteiger partial charge in [0.25, 0.3) is 0 Å². The molecule has 0 fully saturated rings. The molecular weight excluding hydrogens is 743 g/mol. The summed E-state index contributed by atoms with van der Waals surface area (Å²) in [7, 11) is -2.86. The van der Waals surface area contributed by atoms with E-state index in [1.807, 2.05) is 6.07 Å². The molecule has 2 aliphatic rings. The Kier molecular flexibility index (Phi) is 7.63. The summed E-state index contributed by atoms with van der Waals surface area (Å²) in [5.74, 6) is 0. The molecule has 0 atom stereocenters. The average molecular weight is 784 g/mol. The third-order valence-electron chi connectivity index (χ3n) is 13.3. The fourth-order valence-electron chi connectivity index (χ4n) is 10.6. The first-order valence-corrected chi connectivity index (χ1v) is 22.9. The SMILES string of the molecule is CC1(C)c2ccccc2-c2ccc(N(c3cc(-c4ccccc4)cc([Si]4(c5ccccc5)c5ccccc5-c5ccccc54)c3)c3ccc4c(c3)oc3ccccc34)cc21.